The zero-order valence-corrected chi connectivity index (χ0v) is 13.9. The van der Waals surface area contributed by atoms with Crippen LogP contribution in [-0.2, 0) is 19.5 Å². The van der Waals surface area contributed by atoms with Gasteiger partial charge in [-0.25, -0.2) is 0 Å². The number of hydrogen-bond acceptors (Lipinski definition) is 2. The van der Waals surface area contributed by atoms with Crippen molar-refractivity contribution in [3.63, 3.8) is 0 Å². The van der Waals surface area contributed by atoms with E-state index >= 15 is 0 Å². The maximum atomic E-state index is 4.53. The van der Waals surface area contributed by atoms with Gasteiger partial charge in [0.05, 0.1) is 12.7 Å². The molecular weight excluding hydrogens is 258 g/mol. The van der Waals surface area contributed by atoms with E-state index in [4.69, 9.17) is 0 Å². The summed E-state index contributed by atoms with van der Waals surface area (Å²) in [5.41, 5.74) is 5.33. The van der Waals surface area contributed by atoms with E-state index in [1.807, 2.05) is 6.20 Å². The van der Waals surface area contributed by atoms with Crippen LogP contribution in [0.4, 0.5) is 0 Å². The minimum absolute atomic E-state index is 0.129. The lowest BCUT2D eigenvalue weighted by Gasteiger charge is -2.20. The van der Waals surface area contributed by atoms with Crippen molar-refractivity contribution in [1.29, 1.82) is 0 Å². The molecule has 0 saturated carbocycles. The monoisotopic (exact) mass is 285 g/mol. The van der Waals surface area contributed by atoms with Crippen LogP contribution in [0.1, 0.15) is 50.1 Å². The highest BCUT2D eigenvalue weighted by atomic mass is 15.3. The second-order valence-corrected chi connectivity index (χ2v) is 6.69. The standard InChI is InChI=1S/C18H27N3/c1-6-15-7-9-16(10-8-15)13-21-14(2)17(12-20-21)11-19-18(3,4)5/h7-10,12,19H,6,11,13H2,1-5H3. The molecule has 1 aromatic heterocycles. The second-order valence-electron chi connectivity index (χ2n) is 6.69. The summed E-state index contributed by atoms with van der Waals surface area (Å²) in [5, 5.41) is 8.05. The molecule has 0 aliphatic carbocycles. The van der Waals surface area contributed by atoms with Gasteiger partial charge in [0.1, 0.15) is 0 Å². The largest absolute Gasteiger partial charge is 0.308 e. The van der Waals surface area contributed by atoms with Gasteiger partial charge in [0.25, 0.3) is 0 Å². The highest BCUT2D eigenvalue weighted by Crippen LogP contribution is 2.12. The van der Waals surface area contributed by atoms with Gasteiger partial charge in [-0.15, -0.1) is 0 Å². The van der Waals surface area contributed by atoms with E-state index in [1.54, 1.807) is 0 Å². The fourth-order valence-electron chi connectivity index (χ4n) is 2.23. The van der Waals surface area contributed by atoms with Crippen molar-refractivity contribution in [2.45, 2.75) is 59.7 Å². The molecule has 0 unspecified atom stereocenters. The maximum Gasteiger partial charge on any atom is 0.0662 e. The molecule has 3 nitrogen and oxygen atoms in total. The number of benzene rings is 1. The molecule has 0 bridgehead atoms. The van der Waals surface area contributed by atoms with Crippen LogP contribution in [0, 0.1) is 6.92 Å². The van der Waals surface area contributed by atoms with Crippen molar-refractivity contribution in [2.75, 3.05) is 0 Å². The van der Waals surface area contributed by atoms with Crippen molar-refractivity contribution in [3.8, 4) is 0 Å². The first-order chi connectivity index (χ1) is 9.89. The molecule has 0 atom stereocenters. The van der Waals surface area contributed by atoms with Crippen molar-refractivity contribution in [3.05, 3.63) is 52.8 Å². The Kier molecular flexibility index (Phi) is 4.84. The van der Waals surface area contributed by atoms with Gasteiger partial charge in [-0.05, 0) is 45.2 Å². The number of nitrogens with zero attached hydrogens (tertiary/aromatic N) is 2. The molecule has 0 fully saturated rings. The van der Waals surface area contributed by atoms with E-state index in [9.17, 15) is 0 Å². The Hall–Kier alpha value is -1.61. The summed E-state index contributed by atoms with van der Waals surface area (Å²) in [7, 11) is 0. The summed E-state index contributed by atoms with van der Waals surface area (Å²) in [6, 6.07) is 8.81. The molecule has 21 heavy (non-hydrogen) atoms. The normalized spacial score (nSPS) is 11.9. The van der Waals surface area contributed by atoms with Gasteiger partial charge in [-0.3, -0.25) is 4.68 Å². The third kappa shape index (κ3) is 4.43. The molecule has 0 spiro atoms. The Bertz CT molecular complexity index is 574. The van der Waals surface area contributed by atoms with Crippen LogP contribution in [0.15, 0.2) is 30.5 Å². The van der Waals surface area contributed by atoms with Gasteiger partial charge in [0.2, 0.25) is 0 Å². The number of aryl methyl sites for hydroxylation is 1. The molecule has 0 radical (unpaired) electrons. The fraction of sp³-hybridized carbons (Fsp3) is 0.500. The van der Waals surface area contributed by atoms with Crippen LogP contribution in [-0.4, -0.2) is 15.3 Å². The van der Waals surface area contributed by atoms with Crippen molar-refractivity contribution >= 4 is 0 Å². The third-order valence-electron chi connectivity index (χ3n) is 3.78. The van der Waals surface area contributed by atoms with E-state index in [-0.39, 0.29) is 5.54 Å². The molecule has 0 aliphatic heterocycles. The van der Waals surface area contributed by atoms with E-state index in [0.717, 1.165) is 19.5 Å². The van der Waals surface area contributed by atoms with Crippen molar-refractivity contribution < 1.29 is 0 Å². The molecule has 0 amide bonds. The summed E-state index contributed by atoms with van der Waals surface area (Å²) in [4.78, 5) is 0. The fourth-order valence-corrected chi connectivity index (χ4v) is 2.23. The number of nitrogens with one attached hydrogen (secondary N) is 1. The third-order valence-corrected chi connectivity index (χ3v) is 3.78. The van der Waals surface area contributed by atoms with Crippen LogP contribution in [0.3, 0.4) is 0 Å². The van der Waals surface area contributed by atoms with Crippen LogP contribution in [0.2, 0.25) is 0 Å². The molecular formula is C18H27N3. The average Bonchev–Trinajstić information content (AvgIpc) is 2.78. The number of rotatable bonds is 5. The summed E-state index contributed by atoms with van der Waals surface area (Å²) in [6.07, 6.45) is 3.07. The van der Waals surface area contributed by atoms with Gasteiger partial charge in [0, 0.05) is 23.3 Å². The Morgan fingerprint density at radius 1 is 1.10 bits per heavy atom. The number of aromatic nitrogens is 2. The lowest BCUT2D eigenvalue weighted by atomic mass is 10.1. The minimum atomic E-state index is 0.129. The molecule has 1 N–H and O–H groups in total. The SMILES string of the molecule is CCc1ccc(Cn2ncc(CNC(C)(C)C)c2C)cc1. The van der Waals surface area contributed by atoms with E-state index in [1.165, 1.54) is 22.4 Å². The molecule has 2 rings (SSSR count). The smallest absolute Gasteiger partial charge is 0.0662 e. The Balaban J connectivity index is 2.05. The maximum absolute atomic E-state index is 4.53. The topological polar surface area (TPSA) is 29.9 Å². The number of hydrogen-bond donors (Lipinski definition) is 1. The Labute approximate surface area is 128 Å². The summed E-state index contributed by atoms with van der Waals surface area (Å²) >= 11 is 0. The zero-order valence-electron chi connectivity index (χ0n) is 13.9. The van der Waals surface area contributed by atoms with Crippen LogP contribution in [0.25, 0.3) is 0 Å². The van der Waals surface area contributed by atoms with Crippen molar-refractivity contribution in [1.82, 2.24) is 15.1 Å². The highest BCUT2D eigenvalue weighted by molar-refractivity contribution is 5.24. The van der Waals surface area contributed by atoms with Gasteiger partial charge in [-0.1, -0.05) is 31.2 Å². The van der Waals surface area contributed by atoms with Gasteiger partial charge in [-0.2, -0.15) is 5.10 Å². The first-order valence-electron chi connectivity index (χ1n) is 7.73. The van der Waals surface area contributed by atoms with Crippen LogP contribution < -0.4 is 5.32 Å². The molecule has 0 aliphatic rings. The molecule has 2 aromatic rings. The zero-order chi connectivity index (χ0) is 15.5. The quantitative estimate of drug-likeness (QED) is 0.908. The van der Waals surface area contributed by atoms with Gasteiger partial charge < -0.3 is 5.32 Å². The lowest BCUT2D eigenvalue weighted by molar-refractivity contribution is 0.423. The van der Waals surface area contributed by atoms with E-state index in [2.05, 4.69) is 74.0 Å². The molecule has 114 valence electrons. The summed E-state index contributed by atoms with van der Waals surface area (Å²) in [6.45, 7) is 12.6. The predicted molar refractivity (Wildman–Crippen MR) is 88.5 cm³/mol. The van der Waals surface area contributed by atoms with E-state index in [0.29, 0.717) is 0 Å². The van der Waals surface area contributed by atoms with Crippen molar-refractivity contribution in [2.24, 2.45) is 0 Å². The van der Waals surface area contributed by atoms with Crippen LogP contribution in [0.5, 0.6) is 0 Å². The minimum Gasteiger partial charge on any atom is -0.308 e. The first-order valence-corrected chi connectivity index (χ1v) is 7.73. The van der Waals surface area contributed by atoms with Crippen LogP contribution >= 0.6 is 0 Å². The Morgan fingerprint density at radius 3 is 2.29 bits per heavy atom. The average molecular weight is 285 g/mol. The predicted octanol–water partition coefficient (Wildman–Crippen LogP) is 3.69. The summed E-state index contributed by atoms with van der Waals surface area (Å²) < 4.78 is 2.08. The van der Waals surface area contributed by atoms with Gasteiger partial charge >= 0.3 is 0 Å². The molecule has 0 saturated heterocycles. The first kappa shape index (κ1) is 15.8. The highest BCUT2D eigenvalue weighted by Gasteiger charge is 2.12. The molecule has 1 aromatic carbocycles. The van der Waals surface area contributed by atoms with E-state index < -0.39 is 0 Å². The van der Waals surface area contributed by atoms with Gasteiger partial charge in [0.15, 0.2) is 0 Å². The Morgan fingerprint density at radius 2 is 1.71 bits per heavy atom. The lowest BCUT2D eigenvalue weighted by Crippen LogP contribution is -2.35. The molecule has 3 heteroatoms. The molecule has 1 heterocycles. The summed E-state index contributed by atoms with van der Waals surface area (Å²) in [5.74, 6) is 0. The second kappa shape index (κ2) is 6.44.